The lowest BCUT2D eigenvalue weighted by molar-refractivity contribution is -0.146. The van der Waals surface area contributed by atoms with E-state index >= 15 is 0 Å². The second-order valence-electron chi connectivity index (χ2n) is 5.07. The number of carbonyl (C=O) groups is 2. The summed E-state index contributed by atoms with van der Waals surface area (Å²) in [4.78, 5) is 24.6. The summed E-state index contributed by atoms with van der Waals surface area (Å²) < 4.78 is 5.51. The Morgan fingerprint density at radius 2 is 2.15 bits per heavy atom. The van der Waals surface area contributed by atoms with Gasteiger partial charge in [-0.05, 0) is 31.4 Å². The van der Waals surface area contributed by atoms with Crippen LogP contribution < -0.4 is 4.74 Å². The number of benzene rings is 1. The third-order valence-corrected chi connectivity index (χ3v) is 3.57. The third-order valence-electron chi connectivity index (χ3n) is 3.57. The lowest BCUT2D eigenvalue weighted by Crippen LogP contribution is -2.44. The molecular weight excluding hydrogens is 258 g/mol. The SMILES string of the molecule is Cc1ccccc1OCC(=O)N1CCC[C@H](C(=O)O)C1. The summed E-state index contributed by atoms with van der Waals surface area (Å²) in [6.45, 7) is 2.77. The number of carboxylic acid groups (broad SMARTS) is 1. The summed E-state index contributed by atoms with van der Waals surface area (Å²) in [5.41, 5.74) is 0.974. The summed E-state index contributed by atoms with van der Waals surface area (Å²) in [6, 6.07) is 7.50. The second kappa shape index (κ2) is 6.41. The average molecular weight is 277 g/mol. The molecule has 0 aliphatic carbocycles. The number of aliphatic carboxylic acids is 1. The number of carboxylic acids is 1. The minimum absolute atomic E-state index is 0.0445. The predicted molar refractivity (Wildman–Crippen MR) is 73.6 cm³/mol. The molecule has 1 fully saturated rings. The normalized spacial score (nSPS) is 18.6. The molecule has 0 saturated carbocycles. The Kier molecular flexibility index (Phi) is 4.61. The van der Waals surface area contributed by atoms with Crippen LogP contribution in [0.15, 0.2) is 24.3 Å². The number of rotatable bonds is 4. The molecule has 0 bridgehead atoms. The molecule has 1 aromatic rings. The van der Waals surface area contributed by atoms with E-state index in [0.29, 0.717) is 18.7 Å². The molecule has 1 aliphatic heterocycles. The molecule has 0 unspecified atom stereocenters. The molecule has 1 N–H and O–H groups in total. The van der Waals surface area contributed by atoms with Crippen LogP contribution in [0.5, 0.6) is 5.75 Å². The van der Waals surface area contributed by atoms with E-state index < -0.39 is 11.9 Å². The van der Waals surface area contributed by atoms with Crippen LogP contribution in [0.25, 0.3) is 0 Å². The molecule has 1 amide bonds. The molecule has 5 heteroatoms. The van der Waals surface area contributed by atoms with Crippen LogP contribution in [0.2, 0.25) is 0 Å². The Bertz CT molecular complexity index is 500. The number of hydrogen-bond donors (Lipinski definition) is 1. The molecule has 0 spiro atoms. The van der Waals surface area contributed by atoms with E-state index in [4.69, 9.17) is 9.84 Å². The van der Waals surface area contributed by atoms with Crippen molar-refractivity contribution in [3.8, 4) is 5.75 Å². The summed E-state index contributed by atoms with van der Waals surface area (Å²) in [6.07, 6.45) is 1.37. The van der Waals surface area contributed by atoms with Crippen molar-refractivity contribution < 1.29 is 19.4 Å². The van der Waals surface area contributed by atoms with Gasteiger partial charge in [0.05, 0.1) is 5.92 Å². The highest BCUT2D eigenvalue weighted by Crippen LogP contribution is 2.18. The molecule has 1 aliphatic rings. The van der Waals surface area contributed by atoms with Crippen LogP contribution in [0, 0.1) is 12.8 Å². The number of piperidine rings is 1. The van der Waals surface area contributed by atoms with Crippen LogP contribution in [0.4, 0.5) is 0 Å². The van der Waals surface area contributed by atoms with Crippen molar-refractivity contribution in [1.82, 2.24) is 4.90 Å². The summed E-state index contributed by atoms with van der Waals surface area (Å²) in [5, 5.41) is 9.01. The molecule has 1 atom stereocenters. The summed E-state index contributed by atoms with van der Waals surface area (Å²) in [7, 11) is 0. The number of likely N-dealkylation sites (tertiary alicyclic amines) is 1. The first kappa shape index (κ1) is 14.4. The summed E-state index contributed by atoms with van der Waals surface area (Å²) >= 11 is 0. The highest BCUT2D eigenvalue weighted by atomic mass is 16.5. The van der Waals surface area contributed by atoms with Gasteiger partial charge in [0.15, 0.2) is 6.61 Å². The van der Waals surface area contributed by atoms with Crippen molar-refractivity contribution in [1.29, 1.82) is 0 Å². The van der Waals surface area contributed by atoms with E-state index in [9.17, 15) is 9.59 Å². The van der Waals surface area contributed by atoms with Crippen molar-refractivity contribution in [2.75, 3.05) is 19.7 Å². The molecule has 20 heavy (non-hydrogen) atoms. The Morgan fingerprint density at radius 1 is 1.40 bits per heavy atom. The van der Waals surface area contributed by atoms with Gasteiger partial charge in [-0.2, -0.15) is 0 Å². The van der Waals surface area contributed by atoms with Crippen LogP contribution in [0.3, 0.4) is 0 Å². The monoisotopic (exact) mass is 277 g/mol. The van der Waals surface area contributed by atoms with Crippen molar-refractivity contribution in [3.05, 3.63) is 29.8 Å². The molecule has 1 heterocycles. The van der Waals surface area contributed by atoms with Crippen molar-refractivity contribution in [2.45, 2.75) is 19.8 Å². The quantitative estimate of drug-likeness (QED) is 0.909. The van der Waals surface area contributed by atoms with Crippen molar-refractivity contribution >= 4 is 11.9 Å². The number of amides is 1. The molecule has 1 saturated heterocycles. The maximum atomic E-state index is 12.1. The van der Waals surface area contributed by atoms with E-state index in [0.717, 1.165) is 12.0 Å². The fourth-order valence-electron chi connectivity index (χ4n) is 2.35. The van der Waals surface area contributed by atoms with Crippen LogP contribution in [-0.4, -0.2) is 41.6 Å². The van der Waals surface area contributed by atoms with Gasteiger partial charge in [-0.1, -0.05) is 18.2 Å². The van der Waals surface area contributed by atoms with Crippen LogP contribution in [0.1, 0.15) is 18.4 Å². The number of carbonyl (C=O) groups excluding carboxylic acids is 1. The average Bonchev–Trinajstić information content (AvgIpc) is 2.46. The Balaban J connectivity index is 1.89. The lowest BCUT2D eigenvalue weighted by Gasteiger charge is -2.30. The largest absolute Gasteiger partial charge is 0.484 e. The first-order valence-electron chi connectivity index (χ1n) is 6.77. The number of ether oxygens (including phenoxy) is 1. The molecule has 108 valence electrons. The van der Waals surface area contributed by atoms with Crippen molar-refractivity contribution in [3.63, 3.8) is 0 Å². The Hall–Kier alpha value is -2.04. The first-order valence-corrected chi connectivity index (χ1v) is 6.77. The summed E-state index contributed by atoms with van der Waals surface area (Å²) in [5.74, 6) is -0.750. The van der Waals surface area contributed by atoms with Gasteiger partial charge in [-0.3, -0.25) is 9.59 Å². The van der Waals surface area contributed by atoms with Gasteiger partial charge in [0.25, 0.3) is 5.91 Å². The first-order chi connectivity index (χ1) is 9.58. The zero-order valence-electron chi connectivity index (χ0n) is 11.5. The fourth-order valence-corrected chi connectivity index (χ4v) is 2.35. The number of aryl methyl sites for hydroxylation is 1. The van der Waals surface area contributed by atoms with Gasteiger partial charge in [0.1, 0.15) is 5.75 Å². The maximum absolute atomic E-state index is 12.1. The van der Waals surface area contributed by atoms with Crippen LogP contribution in [-0.2, 0) is 9.59 Å². The molecule has 0 aromatic heterocycles. The van der Waals surface area contributed by atoms with E-state index in [1.165, 1.54) is 0 Å². The zero-order chi connectivity index (χ0) is 14.5. The number of nitrogens with zero attached hydrogens (tertiary/aromatic N) is 1. The topological polar surface area (TPSA) is 66.8 Å². The Morgan fingerprint density at radius 3 is 2.85 bits per heavy atom. The van der Waals surface area contributed by atoms with Crippen LogP contribution >= 0.6 is 0 Å². The highest BCUT2D eigenvalue weighted by Gasteiger charge is 2.28. The van der Waals surface area contributed by atoms with Gasteiger partial charge in [-0.25, -0.2) is 0 Å². The predicted octanol–water partition coefficient (Wildman–Crippen LogP) is 1.70. The Labute approximate surface area is 118 Å². The van der Waals surface area contributed by atoms with Gasteiger partial charge in [-0.15, -0.1) is 0 Å². The van der Waals surface area contributed by atoms with Gasteiger partial charge in [0, 0.05) is 13.1 Å². The molecule has 2 rings (SSSR count). The molecular formula is C15H19NO4. The van der Waals surface area contributed by atoms with Gasteiger partial charge < -0.3 is 14.7 Å². The van der Waals surface area contributed by atoms with Crippen molar-refractivity contribution in [2.24, 2.45) is 5.92 Å². The molecule has 5 nitrogen and oxygen atoms in total. The zero-order valence-corrected chi connectivity index (χ0v) is 11.5. The van der Waals surface area contributed by atoms with Gasteiger partial charge in [0.2, 0.25) is 0 Å². The molecule has 1 aromatic carbocycles. The minimum Gasteiger partial charge on any atom is -0.484 e. The van der Waals surface area contributed by atoms with E-state index in [1.807, 2.05) is 31.2 Å². The number of para-hydroxylation sites is 1. The standard InChI is InChI=1S/C15H19NO4/c1-11-5-2-3-7-13(11)20-10-14(17)16-8-4-6-12(9-16)15(18)19/h2-3,5,7,12H,4,6,8-10H2,1H3,(H,18,19)/t12-/m0/s1. The molecule has 0 radical (unpaired) electrons. The van der Waals surface area contributed by atoms with E-state index in [2.05, 4.69) is 0 Å². The highest BCUT2D eigenvalue weighted by molar-refractivity contribution is 5.79. The van der Waals surface area contributed by atoms with E-state index in [-0.39, 0.29) is 19.1 Å². The van der Waals surface area contributed by atoms with E-state index in [1.54, 1.807) is 4.90 Å². The van der Waals surface area contributed by atoms with Gasteiger partial charge >= 0.3 is 5.97 Å². The minimum atomic E-state index is -0.831. The maximum Gasteiger partial charge on any atom is 0.308 e. The smallest absolute Gasteiger partial charge is 0.308 e. The number of hydrogen-bond acceptors (Lipinski definition) is 3. The third kappa shape index (κ3) is 3.50. The fraction of sp³-hybridized carbons (Fsp3) is 0.467. The lowest BCUT2D eigenvalue weighted by atomic mass is 9.98. The second-order valence-corrected chi connectivity index (χ2v) is 5.07.